The van der Waals surface area contributed by atoms with Crippen LogP contribution in [0.4, 0.5) is 0 Å². The number of allylic oxidation sites excluding steroid dienone is 1. The van der Waals surface area contributed by atoms with Gasteiger partial charge in [-0.25, -0.2) is 0 Å². The molecule has 0 aliphatic carbocycles. The van der Waals surface area contributed by atoms with Gasteiger partial charge in [0.05, 0.1) is 52.9 Å². The minimum Gasteiger partial charge on any atom is -0.497 e. The minimum atomic E-state index is -0.822. The van der Waals surface area contributed by atoms with Gasteiger partial charge in [0, 0.05) is 17.5 Å². The summed E-state index contributed by atoms with van der Waals surface area (Å²) in [6.07, 6.45) is 10.5. The second kappa shape index (κ2) is 11.9. The third kappa shape index (κ3) is 6.45. The van der Waals surface area contributed by atoms with E-state index in [0.717, 1.165) is 49.2 Å². The molecule has 2 fully saturated rings. The Morgan fingerprint density at radius 2 is 1.68 bits per heavy atom. The van der Waals surface area contributed by atoms with Crippen LogP contribution in [0.15, 0.2) is 30.4 Å². The van der Waals surface area contributed by atoms with E-state index in [1.54, 1.807) is 14.2 Å². The van der Waals surface area contributed by atoms with E-state index < -0.39 is 5.79 Å². The molecule has 3 unspecified atom stereocenters. The molecule has 3 rings (SSSR count). The Bertz CT molecular complexity index is 675. The highest BCUT2D eigenvalue weighted by Crippen LogP contribution is 2.42. The van der Waals surface area contributed by atoms with E-state index in [9.17, 15) is 0 Å². The molecule has 0 amide bonds. The standard InChI is InChI=1S/C25H38O6/c1-19(8-6-5-7-9-22-11-10-20(2)28-12-13-29-22)25(30-14-15-31-25)21-16-23(26-3)18-24(17-21)27-4/h6,8,16-20,22H,5,7,9-15H2,1-4H3/b8-6+. The monoisotopic (exact) mass is 434 g/mol. The van der Waals surface area contributed by atoms with Crippen molar-refractivity contribution >= 4 is 0 Å². The molecular formula is C25H38O6. The Hall–Kier alpha value is -1.60. The molecular weight excluding hydrogens is 396 g/mol. The summed E-state index contributed by atoms with van der Waals surface area (Å²) in [5, 5.41) is 0. The Labute approximate surface area is 186 Å². The number of benzene rings is 1. The van der Waals surface area contributed by atoms with Crippen molar-refractivity contribution in [2.45, 2.75) is 63.9 Å². The van der Waals surface area contributed by atoms with Gasteiger partial charge in [-0.05, 0) is 51.2 Å². The van der Waals surface area contributed by atoms with Crippen LogP contribution >= 0.6 is 0 Å². The lowest BCUT2D eigenvalue weighted by Crippen LogP contribution is -2.34. The van der Waals surface area contributed by atoms with Crippen LogP contribution in [0.3, 0.4) is 0 Å². The fourth-order valence-corrected chi connectivity index (χ4v) is 4.30. The fraction of sp³-hybridized carbons (Fsp3) is 0.680. The minimum absolute atomic E-state index is 0.0439. The number of ether oxygens (including phenoxy) is 6. The largest absolute Gasteiger partial charge is 0.497 e. The topological polar surface area (TPSA) is 55.4 Å². The van der Waals surface area contributed by atoms with Crippen molar-refractivity contribution in [1.29, 1.82) is 0 Å². The van der Waals surface area contributed by atoms with Crippen LogP contribution in [0, 0.1) is 5.92 Å². The summed E-state index contributed by atoms with van der Waals surface area (Å²) in [5.41, 5.74) is 0.914. The number of unbranched alkanes of at least 4 members (excludes halogenated alkanes) is 1. The van der Waals surface area contributed by atoms with E-state index in [1.165, 1.54) is 0 Å². The van der Waals surface area contributed by atoms with Crippen molar-refractivity contribution in [3.63, 3.8) is 0 Å². The van der Waals surface area contributed by atoms with E-state index in [1.807, 2.05) is 18.2 Å². The summed E-state index contributed by atoms with van der Waals surface area (Å²) >= 11 is 0. The highest BCUT2D eigenvalue weighted by atomic mass is 16.7. The van der Waals surface area contributed by atoms with Crippen LogP contribution in [0.1, 0.15) is 51.5 Å². The van der Waals surface area contributed by atoms with Gasteiger partial charge in [0.15, 0.2) is 0 Å². The van der Waals surface area contributed by atoms with Crippen LogP contribution in [-0.2, 0) is 24.7 Å². The summed E-state index contributed by atoms with van der Waals surface area (Å²) in [7, 11) is 3.30. The molecule has 2 aliphatic heterocycles. The first-order valence-electron chi connectivity index (χ1n) is 11.5. The third-order valence-electron chi connectivity index (χ3n) is 6.13. The van der Waals surface area contributed by atoms with E-state index in [0.29, 0.717) is 38.6 Å². The number of hydrogen-bond donors (Lipinski definition) is 0. The zero-order chi connectivity index (χ0) is 22.1. The normalized spacial score (nSPS) is 25.2. The Balaban J connectivity index is 1.58. The number of rotatable bonds is 9. The van der Waals surface area contributed by atoms with Crippen molar-refractivity contribution in [2.75, 3.05) is 40.6 Å². The van der Waals surface area contributed by atoms with Crippen molar-refractivity contribution < 1.29 is 28.4 Å². The van der Waals surface area contributed by atoms with E-state index in [4.69, 9.17) is 28.4 Å². The van der Waals surface area contributed by atoms with Gasteiger partial charge in [0.1, 0.15) is 11.5 Å². The second-order valence-electron chi connectivity index (χ2n) is 8.37. The molecule has 0 radical (unpaired) electrons. The predicted molar refractivity (Wildman–Crippen MR) is 120 cm³/mol. The highest BCUT2D eigenvalue weighted by molar-refractivity contribution is 5.41. The summed E-state index contributed by atoms with van der Waals surface area (Å²) < 4.78 is 34.8. The third-order valence-corrected chi connectivity index (χ3v) is 6.13. The van der Waals surface area contributed by atoms with E-state index >= 15 is 0 Å². The summed E-state index contributed by atoms with van der Waals surface area (Å²) in [6.45, 7) is 6.81. The van der Waals surface area contributed by atoms with Crippen LogP contribution in [0.25, 0.3) is 0 Å². The smallest absolute Gasteiger partial charge is 0.201 e. The molecule has 0 aromatic heterocycles. The molecule has 0 N–H and O–H groups in total. The van der Waals surface area contributed by atoms with Crippen LogP contribution < -0.4 is 9.47 Å². The van der Waals surface area contributed by atoms with Gasteiger partial charge < -0.3 is 28.4 Å². The van der Waals surface area contributed by atoms with Gasteiger partial charge >= 0.3 is 0 Å². The van der Waals surface area contributed by atoms with Gasteiger partial charge in [-0.2, -0.15) is 0 Å². The maximum Gasteiger partial charge on any atom is 0.201 e. The van der Waals surface area contributed by atoms with Crippen LogP contribution in [-0.4, -0.2) is 52.9 Å². The molecule has 0 bridgehead atoms. The molecule has 0 spiro atoms. The zero-order valence-corrected chi connectivity index (χ0v) is 19.4. The molecule has 2 saturated heterocycles. The highest BCUT2D eigenvalue weighted by Gasteiger charge is 2.43. The molecule has 1 aromatic carbocycles. The lowest BCUT2D eigenvalue weighted by Gasteiger charge is -2.33. The average molecular weight is 435 g/mol. The summed E-state index contributed by atoms with van der Waals surface area (Å²) in [6, 6.07) is 5.79. The quantitative estimate of drug-likeness (QED) is 0.409. The van der Waals surface area contributed by atoms with Gasteiger partial charge in [-0.15, -0.1) is 0 Å². The molecule has 0 saturated carbocycles. The fourth-order valence-electron chi connectivity index (χ4n) is 4.30. The zero-order valence-electron chi connectivity index (χ0n) is 19.4. The van der Waals surface area contributed by atoms with Gasteiger partial charge in [-0.3, -0.25) is 0 Å². The maximum absolute atomic E-state index is 6.16. The first-order chi connectivity index (χ1) is 15.1. The molecule has 2 aliphatic rings. The van der Waals surface area contributed by atoms with Crippen LogP contribution in [0.5, 0.6) is 11.5 Å². The molecule has 6 nitrogen and oxygen atoms in total. The SMILES string of the molecule is COc1cc(OC)cc(C2(C(C)/C=C/CCCC3CCC(C)OCCO3)OCCO2)c1. The van der Waals surface area contributed by atoms with Gasteiger partial charge in [-0.1, -0.05) is 19.1 Å². The van der Waals surface area contributed by atoms with Crippen molar-refractivity contribution in [3.8, 4) is 11.5 Å². The first-order valence-corrected chi connectivity index (χ1v) is 11.5. The summed E-state index contributed by atoms with van der Waals surface area (Å²) in [4.78, 5) is 0. The van der Waals surface area contributed by atoms with Gasteiger partial charge in [0.25, 0.3) is 0 Å². The molecule has 1 aromatic rings. The Morgan fingerprint density at radius 1 is 1.00 bits per heavy atom. The van der Waals surface area contributed by atoms with Crippen molar-refractivity contribution in [2.24, 2.45) is 5.92 Å². The lowest BCUT2D eigenvalue weighted by atomic mass is 9.91. The average Bonchev–Trinajstić information content (AvgIpc) is 3.28. The van der Waals surface area contributed by atoms with E-state index in [-0.39, 0.29) is 5.92 Å². The molecule has 174 valence electrons. The molecule has 2 heterocycles. The second-order valence-corrected chi connectivity index (χ2v) is 8.37. The van der Waals surface area contributed by atoms with Crippen molar-refractivity contribution in [3.05, 3.63) is 35.9 Å². The van der Waals surface area contributed by atoms with E-state index in [2.05, 4.69) is 26.0 Å². The maximum atomic E-state index is 6.16. The molecule has 31 heavy (non-hydrogen) atoms. The number of methoxy groups -OCH3 is 2. The van der Waals surface area contributed by atoms with Gasteiger partial charge in [0.2, 0.25) is 5.79 Å². The Kier molecular flexibility index (Phi) is 9.20. The summed E-state index contributed by atoms with van der Waals surface area (Å²) in [5.74, 6) is 0.671. The Morgan fingerprint density at radius 3 is 2.35 bits per heavy atom. The van der Waals surface area contributed by atoms with Crippen LogP contribution in [0.2, 0.25) is 0 Å². The number of hydrogen-bond acceptors (Lipinski definition) is 6. The predicted octanol–water partition coefficient (Wildman–Crippen LogP) is 4.85. The molecule has 3 atom stereocenters. The van der Waals surface area contributed by atoms with Crippen molar-refractivity contribution in [1.82, 2.24) is 0 Å². The lowest BCUT2D eigenvalue weighted by molar-refractivity contribution is -0.190. The molecule has 6 heteroatoms. The first kappa shape index (κ1) is 24.1.